The molecule has 0 N–H and O–H groups in total. The fourth-order valence-electron chi connectivity index (χ4n) is 3.79. The molecule has 0 aliphatic heterocycles. The van der Waals surface area contributed by atoms with Gasteiger partial charge in [0.2, 0.25) is 0 Å². The molecule has 0 aromatic heterocycles. The van der Waals surface area contributed by atoms with Crippen LogP contribution in [0.5, 0.6) is 0 Å². The monoisotopic (exact) mass is 406 g/mol. The quantitative estimate of drug-likeness (QED) is 0.433. The smallest absolute Gasteiger partial charge is 0.166 e. The van der Waals surface area contributed by atoms with Gasteiger partial charge in [-0.2, -0.15) is 10.5 Å². The molecule has 31 heavy (non-hydrogen) atoms. The van der Waals surface area contributed by atoms with Gasteiger partial charge < -0.3 is 0 Å². The molecule has 2 unspecified atom stereocenters. The van der Waals surface area contributed by atoms with E-state index in [9.17, 15) is 20.1 Å². The van der Waals surface area contributed by atoms with E-state index in [0.29, 0.717) is 11.1 Å². The summed E-state index contributed by atoms with van der Waals surface area (Å²) in [5.41, 5.74) is 1.93. The van der Waals surface area contributed by atoms with Crippen molar-refractivity contribution in [3.8, 4) is 12.1 Å². The van der Waals surface area contributed by atoms with Crippen molar-refractivity contribution in [2.24, 2.45) is 11.8 Å². The van der Waals surface area contributed by atoms with Gasteiger partial charge in [-0.3, -0.25) is 9.59 Å². The average Bonchev–Trinajstić information content (AvgIpc) is 2.85. The van der Waals surface area contributed by atoms with Crippen molar-refractivity contribution >= 4 is 11.6 Å². The predicted octanol–water partition coefficient (Wildman–Crippen LogP) is 5.60. The summed E-state index contributed by atoms with van der Waals surface area (Å²) < 4.78 is 0. The molecule has 0 saturated carbocycles. The zero-order chi connectivity index (χ0) is 22.1. The van der Waals surface area contributed by atoms with Crippen LogP contribution in [0.25, 0.3) is 0 Å². The molecule has 4 nitrogen and oxygen atoms in total. The fraction of sp³-hybridized carbons (Fsp3) is 0.185. The molecular weight excluding hydrogens is 384 g/mol. The number of hydrogen-bond donors (Lipinski definition) is 0. The molecule has 2 atom stereocenters. The summed E-state index contributed by atoms with van der Waals surface area (Å²) in [5.74, 6) is -2.31. The lowest BCUT2D eigenvalue weighted by Crippen LogP contribution is -2.27. The Balaban J connectivity index is 2.03. The van der Waals surface area contributed by atoms with Gasteiger partial charge in [-0.1, -0.05) is 91.0 Å². The zero-order valence-electron chi connectivity index (χ0n) is 17.0. The molecule has 3 aromatic rings. The highest BCUT2D eigenvalue weighted by atomic mass is 16.1. The zero-order valence-corrected chi connectivity index (χ0v) is 17.0. The van der Waals surface area contributed by atoms with Gasteiger partial charge in [0, 0.05) is 29.4 Å². The van der Waals surface area contributed by atoms with Crippen LogP contribution in [0.4, 0.5) is 0 Å². The van der Waals surface area contributed by atoms with E-state index in [0.717, 1.165) is 5.56 Å². The lowest BCUT2D eigenvalue weighted by Gasteiger charge is -2.27. The molecule has 0 saturated heterocycles. The second-order valence-electron chi connectivity index (χ2n) is 7.39. The largest absolute Gasteiger partial charge is 0.294 e. The number of benzene rings is 3. The molecule has 0 amide bonds. The Morgan fingerprint density at radius 2 is 1.19 bits per heavy atom. The van der Waals surface area contributed by atoms with E-state index < -0.39 is 17.8 Å². The summed E-state index contributed by atoms with van der Waals surface area (Å²) in [4.78, 5) is 26.6. The maximum absolute atomic E-state index is 13.5. The maximum Gasteiger partial charge on any atom is 0.166 e. The molecule has 0 fully saturated rings. The average molecular weight is 406 g/mol. The summed E-state index contributed by atoms with van der Waals surface area (Å²) in [6, 6.07) is 31.2. The van der Waals surface area contributed by atoms with Crippen molar-refractivity contribution < 1.29 is 9.59 Å². The molecule has 152 valence electrons. The van der Waals surface area contributed by atoms with Gasteiger partial charge in [-0.05, 0) is 12.0 Å². The van der Waals surface area contributed by atoms with Gasteiger partial charge in [0.15, 0.2) is 11.6 Å². The molecule has 0 bridgehead atoms. The highest BCUT2D eigenvalue weighted by molar-refractivity contribution is 6.00. The van der Waals surface area contributed by atoms with E-state index >= 15 is 0 Å². The molecule has 0 spiro atoms. The Bertz CT molecular complexity index is 1080. The summed E-state index contributed by atoms with van der Waals surface area (Å²) in [6.07, 6.45) is 0.184. The van der Waals surface area contributed by atoms with E-state index in [2.05, 4.69) is 0 Å². The van der Waals surface area contributed by atoms with E-state index in [1.165, 1.54) is 0 Å². The minimum atomic E-state index is -0.935. The lowest BCUT2D eigenvalue weighted by atomic mass is 9.74. The normalized spacial score (nSPS) is 12.4. The molecule has 3 rings (SSSR count). The SMILES string of the molecule is N#CC(C#N)CC(C(=O)c1ccccc1)C(CC(=O)c1ccccc1)c1ccccc1. The van der Waals surface area contributed by atoms with Crippen molar-refractivity contribution in [2.45, 2.75) is 18.8 Å². The van der Waals surface area contributed by atoms with Gasteiger partial charge in [-0.25, -0.2) is 0 Å². The summed E-state index contributed by atoms with van der Waals surface area (Å²) >= 11 is 0. The van der Waals surface area contributed by atoms with Crippen LogP contribution in [0.1, 0.15) is 45.0 Å². The predicted molar refractivity (Wildman–Crippen MR) is 118 cm³/mol. The molecule has 0 aliphatic carbocycles. The van der Waals surface area contributed by atoms with Crippen LogP contribution in [0.3, 0.4) is 0 Å². The molecule has 4 heteroatoms. The van der Waals surface area contributed by atoms with Crippen molar-refractivity contribution in [1.82, 2.24) is 0 Å². The highest BCUT2D eigenvalue weighted by Crippen LogP contribution is 2.36. The Kier molecular flexibility index (Phi) is 7.46. The number of carbonyl (C=O) groups is 2. The lowest BCUT2D eigenvalue weighted by molar-refractivity contribution is 0.0864. The third kappa shape index (κ3) is 5.53. The third-order valence-corrected chi connectivity index (χ3v) is 5.41. The first-order valence-electron chi connectivity index (χ1n) is 10.2. The number of carbonyl (C=O) groups excluding carboxylic acids is 2. The molecule has 0 aliphatic rings. The summed E-state index contributed by atoms with van der Waals surface area (Å²) in [6.45, 7) is 0. The molecular formula is C27H22N2O2. The van der Waals surface area contributed by atoms with E-state index in [1.807, 2.05) is 54.6 Å². The van der Waals surface area contributed by atoms with E-state index in [-0.39, 0.29) is 24.4 Å². The first-order chi connectivity index (χ1) is 15.1. The number of ketones is 2. The topological polar surface area (TPSA) is 81.7 Å². The van der Waals surface area contributed by atoms with Crippen molar-refractivity contribution in [3.05, 3.63) is 108 Å². The van der Waals surface area contributed by atoms with E-state index in [4.69, 9.17) is 0 Å². The summed E-state index contributed by atoms with van der Waals surface area (Å²) in [7, 11) is 0. The van der Waals surface area contributed by atoms with Crippen LogP contribution in [0.15, 0.2) is 91.0 Å². The van der Waals surface area contributed by atoms with Crippen LogP contribution in [-0.4, -0.2) is 11.6 Å². The molecule has 3 aromatic carbocycles. The third-order valence-electron chi connectivity index (χ3n) is 5.41. The highest BCUT2D eigenvalue weighted by Gasteiger charge is 2.34. The van der Waals surface area contributed by atoms with E-state index in [1.54, 1.807) is 48.5 Å². The Hall–Kier alpha value is -4.02. The van der Waals surface area contributed by atoms with Crippen molar-refractivity contribution in [3.63, 3.8) is 0 Å². The first kappa shape index (κ1) is 21.7. The first-order valence-corrected chi connectivity index (χ1v) is 10.2. The minimum absolute atomic E-state index is 0.0718. The van der Waals surface area contributed by atoms with Gasteiger partial charge >= 0.3 is 0 Å². The van der Waals surface area contributed by atoms with Gasteiger partial charge in [0.1, 0.15) is 5.92 Å². The minimum Gasteiger partial charge on any atom is -0.294 e. The van der Waals surface area contributed by atoms with Crippen LogP contribution >= 0.6 is 0 Å². The Morgan fingerprint density at radius 1 is 0.710 bits per heavy atom. The Morgan fingerprint density at radius 3 is 1.71 bits per heavy atom. The summed E-state index contributed by atoms with van der Waals surface area (Å²) in [5, 5.41) is 18.8. The Labute approximate surface area is 182 Å². The number of Topliss-reactive ketones (excluding diaryl/α,β-unsaturated/α-hetero) is 2. The second kappa shape index (κ2) is 10.7. The second-order valence-corrected chi connectivity index (χ2v) is 7.39. The van der Waals surface area contributed by atoms with Crippen LogP contribution < -0.4 is 0 Å². The van der Waals surface area contributed by atoms with Crippen LogP contribution in [0, 0.1) is 34.5 Å². The number of rotatable bonds is 9. The van der Waals surface area contributed by atoms with Gasteiger partial charge in [-0.15, -0.1) is 0 Å². The number of nitriles is 2. The van der Waals surface area contributed by atoms with Crippen LogP contribution in [-0.2, 0) is 0 Å². The van der Waals surface area contributed by atoms with Gasteiger partial charge in [0.25, 0.3) is 0 Å². The van der Waals surface area contributed by atoms with Crippen LogP contribution in [0.2, 0.25) is 0 Å². The van der Waals surface area contributed by atoms with Crippen molar-refractivity contribution in [2.75, 3.05) is 0 Å². The standard InChI is InChI=1S/C27H22N2O2/c28-18-20(19-29)16-25(27(31)23-14-8-3-9-15-23)24(21-10-4-1-5-11-21)17-26(30)22-12-6-2-7-13-22/h1-15,20,24-25H,16-17H2. The molecule has 0 heterocycles. The fourth-order valence-corrected chi connectivity index (χ4v) is 3.79. The van der Waals surface area contributed by atoms with Gasteiger partial charge in [0.05, 0.1) is 12.1 Å². The maximum atomic E-state index is 13.5. The number of nitrogens with zero attached hydrogens (tertiary/aromatic N) is 2. The number of hydrogen-bond acceptors (Lipinski definition) is 4. The van der Waals surface area contributed by atoms with Crippen molar-refractivity contribution in [1.29, 1.82) is 10.5 Å². The molecule has 0 radical (unpaired) electrons.